The Bertz CT molecular complexity index is 340. The van der Waals surface area contributed by atoms with Gasteiger partial charge in [0.2, 0.25) is 5.84 Å². The van der Waals surface area contributed by atoms with Crippen LogP contribution < -0.4 is 5.73 Å². The van der Waals surface area contributed by atoms with Gasteiger partial charge < -0.3 is 0 Å². The van der Waals surface area contributed by atoms with E-state index in [1.165, 1.54) is 0 Å². The Labute approximate surface area is 82.6 Å². The van der Waals surface area contributed by atoms with Crippen molar-refractivity contribution in [2.45, 2.75) is 12.8 Å². The molecule has 1 aliphatic heterocycles. The van der Waals surface area contributed by atoms with Gasteiger partial charge in [-0.2, -0.15) is 0 Å². The Hall–Kier alpha value is -1.02. The minimum atomic E-state index is 0.765. The molecule has 0 atom stereocenters. The highest BCUT2D eigenvalue weighted by Crippen LogP contribution is 2.19. The molecule has 2 N–H and O–H groups in total. The van der Waals surface area contributed by atoms with Crippen molar-refractivity contribution in [1.82, 2.24) is 0 Å². The molecule has 0 saturated heterocycles. The molecule has 1 aliphatic rings. The zero-order valence-corrected chi connectivity index (χ0v) is 8.09. The molecule has 1 aromatic carbocycles. The van der Waals surface area contributed by atoms with Crippen LogP contribution in [0.3, 0.4) is 0 Å². The zero-order chi connectivity index (χ0) is 9.26. The summed E-state index contributed by atoms with van der Waals surface area (Å²) in [4.78, 5) is 0. The quantitative estimate of drug-likeness (QED) is 0.684. The number of hydrogen-bond donors (Lipinski definition) is 1. The summed E-state index contributed by atoms with van der Waals surface area (Å²) in [5.41, 5.74) is 7.00. The molecule has 13 heavy (non-hydrogen) atoms. The summed E-state index contributed by atoms with van der Waals surface area (Å²) < 4.78 is 2.14. The maximum absolute atomic E-state index is 5.86. The molecular formula is C10H12ClN2+. The average molecular weight is 196 g/mol. The van der Waals surface area contributed by atoms with E-state index in [1.54, 1.807) is 0 Å². The van der Waals surface area contributed by atoms with Crippen LogP contribution in [0.4, 0.5) is 5.69 Å². The van der Waals surface area contributed by atoms with E-state index in [0.29, 0.717) is 0 Å². The van der Waals surface area contributed by atoms with Gasteiger partial charge in [0.15, 0.2) is 0 Å². The Morgan fingerprint density at radius 3 is 2.46 bits per heavy atom. The number of rotatable bonds is 1. The average Bonchev–Trinajstić information content (AvgIpc) is 2.53. The van der Waals surface area contributed by atoms with E-state index in [0.717, 1.165) is 35.9 Å². The van der Waals surface area contributed by atoms with Crippen LogP contribution in [0.5, 0.6) is 0 Å². The largest absolute Gasteiger partial charge is 0.291 e. The van der Waals surface area contributed by atoms with Crippen molar-refractivity contribution in [3.8, 4) is 0 Å². The molecule has 0 aliphatic carbocycles. The molecule has 0 saturated carbocycles. The summed E-state index contributed by atoms with van der Waals surface area (Å²) >= 11 is 5.80. The molecule has 0 amide bonds. The van der Waals surface area contributed by atoms with Gasteiger partial charge >= 0.3 is 0 Å². The van der Waals surface area contributed by atoms with Crippen LogP contribution in [-0.4, -0.2) is 17.0 Å². The molecule has 0 radical (unpaired) electrons. The van der Waals surface area contributed by atoms with Crippen molar-refractivity contribution in [2.24, 2.45) is 5.73 Å². The molecule has 0 fully saturated rings. The fourth-order valence-electron chi connectivity index (χ4n) is 1.61. The standard InChI is InChI=1S/C10H11ClN2/c11-8-3-5-9(6-4-8)13-7-1-2-10(13)12/h3-6,12H,1-2,7H2/p+1. The van der Waals surface area contributed by atoms with Gasteiger partial charge in [-0.15, -0.1) is 0 Å². The third kappa shape index (κ3) is 1.68. The van der Waals surface area contributed by atoms with Gasteiger partial charge in [-0.1, -0.05) is 11.6 Å². The van der Waals surface area contributed by atoms with Crippen LogP contribution in [0.15, 0.2) is 24.3 Å². The van der Waals surface area contributed by atoms with Crippen LogP contribution in [0.25, 0.3) is 0 Å². The molecular weight excluding hydrogens is 184 g/mol. The molecule has 1 heterocycles. The molecule has 68 valence electrons. The molecule has 0 aromatic heterocycles. The SMILES string of the molecule is NC1=[N+](c2ccc(Cl)cc2)CCC1. The third-order valence-corrected chi connectivity index (χ3v) is 2.55. The molecule has 2 rings (SSSR count). The zero-order valence-electron chi connectivity index (χ0n) is 7.33. The second-order valence-corrected chi connectivity index (χ2v) is 3.66. The Balaban J connectivity index is 2.36. The number of hydrogen-bond acceptors (Lipinski definition) is 1. The fraction of sp³-hybridized carbons (Fsp3) is 0.300. The number of amidine groups is 1. The molecule has 0 unspecified atom stereocenters. The summed E-state index contributed by atoms with van der Waals surface area (Å²) in [6, 6.07) is 7.78. The second kappa shape index (κ2) is 3.38. The summed E-state index contributed by atoms with van der Waals surface area (Å²) in [5.74, 6) is 0.960. The number of halogens is 1. The van der Waals surface area contributed by atoms with E-state index in [-0.39, 0.29) is 0 Å². The van der Waals surface area contributed by atoms with Gasteiger partial charge in [0, 0.05) is 5.02 Å². The van der Waals surface area contributed by atoms with E-state index in [2.05, 4.69) is 4.58 Å². The van der Waals surface area contributed by atoms with Crippen LogP contribution >= 0.6 is 11.6 Å². The highest BCUT2D eigenvalue weighted by Gasteiger charge is 2.17. The first-order chi connectivity index (χ1) is 6.27. The second-order valence-electron chi connectivity index (χ2n) is 3.22. The van der Waals surface area contributed by atoms with E-state index in [4.69, 9.17) is 17.3 Å². The summed E-state index contributed by atoms with van der Waals surface area (Å²) in [6.07, 6.45) is 2.15. The molecule has 2 nitrogen and oxygen atoms in total. The van der Waals surface area contributed by atoms with Gasteiger partial charge in [-0.05, 0) is 30.7 Å². The van der Waals surface area contributed by atoms with Gasteiger partial charge in [0.1, 0.15) is 5.69 Å². The maximum atomic E-state index is 5.86. The Morgan fingerprint density at radius 2 is 1.92 bits per heavy atom. The maximum Gasteiger partial charge on any atom is 0.247 e. The highest BCUT2D eigenvalue weighted by atomic mass is 35.5. The number of benzene rings is 1. The lowest BCUT2D eigenvalue weighted by Gasteiger charge is -2.01. The Kier molecular flexibility index (Phi) is 2.23. The molecule has 3 heteroatoms. The fourth-order valence-corrected chi connectivity index (χ4v) is 1.74. The first-order valence-corrected chi connectivity index (χ1v) is 4.79. The summed E-state index contributed by atoms with van der Waals surface area (Å²) in [6.45, 7) is 1.02. The predicted molar refractivity (Wildman–Crippen MR) is 54.7 cm³/mol. The molecule has 0 bridgehead atoms. The van der Waals surface area contributed by atoms with Crippen LogP contribution in [-0.2, 0) is 0 Å². The van der Waals surface area contributed by atoms with Crippen LogP contribution in [0, 0.1) is 0 Å². The Morgan fingerprint density at radius 1 is 1.23 bits per heavy atom. The van der Waals surface area contributed by atoms with Crippen molar-refractivity contribution in [2.75, 3.05) is 6.54 Å². The van der Waals surface area contributed by atoms with Crippen LogP contribution in [0.1, 0.15) is 12.8 Å². The monoisotopic (exact) mass is 195 g/mol. The molecule has 1 aromatic rings. The molecule has 0 spiro atoms. The van der Waals surface area contributed by atoms with E-state index >= 15 is 0 Å². The predicted octanol–water partition coefficient (Wildman–Crippen LogP) is 2.13. The smallest absolute Gasteiger partial charge is 0.247 e. The lowest BCUT2D eigenvalue weighted by Crippen LogP contribution is -2.18. The number of nitrogens with zero attached hydrogens (tertiary/aromatic N) is 1. The van der Waals surface area contributed by atoms with Crippen molar-refractivity contribution < 1.29 is 4.58 Å². The van der Waals surface area contributed by atoms with Crippen LogP contribution in [0.2, 0.25) is 5.02 Å². The van der Waals surface area contributed by atoms with E-state index in [9.17, 15) is 0 Å². The lowest BCUT2D eigenvalue weighted by molar-refractivity contribution is -0.432. The topological polar surface area (TPSA) is 29.0 Å². The van der Waals surface area contributed by atoms with Crippen molar-refractivity contribution in [1.29, 1.82) is 0 Å². The van der Waals surface area contributed by atoms with Crippen molar-refractivity contribution >= 4 is 23.1 Å². The van der Waals surface area contributed by atoms with Gasteiger partial charge in [0.25, 0.3) is 0 Å². The minimum absolute atomic E-state index is 0.765. The first kappa shape index (κ1) is 8.57. The third-order valence-electron chi connectivity index (χ3n) is 2.30. The minimum Gasteiger partial charge on any atom is -0.291 e. The van der Waals surface area contributed by atoms with Gasteiger partial charge in [0.05, 0.1) is 13.0 Å². The lowest BCUT2D eigenvalue weighted by atomic mass is 10.3. The number of nitrogens with two attached hydrogens (primary N) is 1. The van der Waals surface area contributed by atoms with E-state index < -0.39 is 0 Å². The van der Waals surface area contributed by atoms with E-state index in [1.807, 2.05) is 24.3 Å². The highest BCUT2D eigenvalue weighted by molar-refractivity contribution is 6.30. The summed E-state index contributed by atoms with van der Waals surface area (Å²) in [7, 11) is 0. The van der Waals surface area contributed by atoms with Crippen molar-refractivity contribution in [3.63, 3.8) is 0 Å². The van der Waals surface area contributed by atoms with Gasteiger partial charge in [-0.25, -0.2) is 4.58 Å². The van der Waals surface area contributed by atoms with Gasteiger partial charge in [-0.3, -0.25) is 5.73 Å². The first-order valence-electron chi connectivity index (χ1n) is 4.42. The van der Waals surface area contributed by atoms with Crippen molar-refractivity contribution in [3.05, 3.63) is 29.3 Å². The normalized spacial score (nSPS) is 16.7. The summed E-state index contributed by atoms with van der Waals surface area (Å²) in [5, 5.41) is 0.765.